The predicted octanol–water partition coefficient (Wildman–Crippen LogP) is 3.40. The minimum absolute atomic E-state index is 0.0735. The number of nitrogens with zero attached hydrogens (tertiary/aromatic N) is 1. The van der Waals surface area contributed by atoms with E-state index in [2.05, 4.69) is 5.32 Å². The Morgan fingerprint density at radius 1 is 1.14 bits per heavy atom. The van der Waals surface area contributed by atoms with E-state index in [4.69, 9.17) is 0 Å². The molecule has 3 rings (SSSR count). The Morgan fingerprint density at radius 2 is 1.86 bits per heavy atom. The van der Waals surface area contributed by atoms with Gasteiger partial charge in [0.05, 0.1) is 10.5 Å². The molecule has 5 heteroatoms. The SMILES string of the molecule is O=C(c1ccccc1)c1cc([N+](=O)[O-])ccc1NC1CC1. The minimum atomic E-state index is -0.483. The van der Waals surface area contributed by atoms with Crippen LogP contribution in [-0.2, 0) is 0 Å². The first-order chi connectivity index (χ1) is 10.1. The standard InChI is InChI=1S/C16H14N2O3/c19-16(11-4-2-1-3-5-11)14-10-13(18(20)21)8-9-15(14)17-12-6-7-12/h1-5,8-10,12,17H,6-7H2. The lowest BCUT2D eigenvalue weighted by molar-refractivity contribution is -0.384. The molecule has 0 bridgehead atoms. The van der Waals surface area contributed by atoms with Gasteiger partial charge in [-0.25, -0.2) is 0 Å². The molecule has 1 N–H and O–H groups in total. The molecule has 21 heavy (non-hydrogen) atoms. The van der Waals surface area contributed by atoms with Gasteiger partial charge in [0.25, 0.3) is 5.69 Å². The number of nitro groups is 1. The molecule has 2 aromatic rings. The molecule has 2 aromatic carbocycles. The van der Waals surface area contributed by atoms with Crippen LogP contribution in [-0.4, -0.2) is 16.7 Å². The normalized spacial score (nSPS) is 13.7. The molecule has 0 radical (unpaired) electrons. The summed E-state index contributed by atoms with van der Waals surface area (Å²) in [5.41, 5.74) is 1.46. The second kappa shape index (κ2) is 5.36. The van der Waals surface area contributed by atoms with Crippen LogP contribution in [0, 0.1) is 10.1 Å². The summed E-state index contributed by atoms with van der Waals surface area (Å²) >= 11 is 0. The zero-order valence-corrected chi connectivity index (χ0v) is 11.3. The number of hydrogen-bond donors (Lipinski definition) is 1. The summed E-state index contributed by atoms with van der Waals surface area (Å²) < 4.78 is 0. The van der Waals surface area contributed by atoms with Crippen LogP contribution < -0.4 is 5.32 Å². The van der Waals surface area contributed by atoms with E-state index in [1.807, 2.05) is 6.07 Å². The molecule has 0 heterocycles. The van der Waals surface area contributed by atoms with Gasteiger partial charge < -0.3 is 5.32 Å². The number of anilines is 1. The maximum Gasteiger partial charge on any atom is 0.270 e. The monoisotopic (exact) mass is 282 g/mol. The molecule has 1 saturated carbocycles. The van der Waals surface area contributed by atoms with Gasteiger partial charge in [-0.2, -0.15) is 0 Å². The molecule has 0 aromatic heterocycles. The lowest BCUT2D eigenvalue weighted by Gasteiger charge is -2.10. The van der Waals surface area contributed by atoms with E-state index in [0.717, 1.165) is 12.8 Å². The Kier molecular flexibility index (Phi) is 3.39. The van der Waals surface area contributed by atoms with E-state index in [0.29, 0.717) is 22.9 Å². The van der Waals surface area contributed by atoms with Crippen LogP contribution >= 0.6 is 0 Å². The maximum atomic E-state index is 12.6. The van der Waals surface area contributed by atoms with E-state index in [1.165, 1.54) is 12.1 Å². The first kappa shape index (κ1) is 13.3. The van der Waals surface area contributed by atoms with Crippen molar-refractivity contribution < 1.29 is 9.72 Å². The van der Waals surface area contributed by atoms with Crippen molar-refractivity contribution in [3.63, 3.8) is 0 Å². The predicted molar refractivity (Wildman–Crippen MR) is 79.6 cm³/mol. The van der Waals surface area contributed by atoms with E-state index < -0.39 is 4.92 Å². The highest BCUT2D eigenvalue weighted by molar-refractivity contribution is 6.12. The third-order valence-electron chi connectivity index (χ3n) is 3.43. The van der Waals surface area contributed by atoms with E-state index in [-0.39, 0.29) is 11.5 Å². The Balaban J connectivity index is 2.02. The third kappa shape index (κ3) is 2.91. The van der Waals surface area contributed by atoms with Crippen LogP contribution in [0.2, 0.25) is 0 Å². The third-order valence-corrected chi connectivity index (χ3v) is 3.43. The van der Waals surface area contributed by atoms with Crippen molar-refractivity contribution in [1.29, 1.82) is 0 Å². The molecular weight excluding hydrogens is 268 g/mol. The summed E-state index contributed by atoms with van der Waals surface area (Å²) in [7, 11) is 0. The first-order valence-corrected chi connectivity index (χ1v) is 6.80. The van der Waals surface area contributed by atoms with Crippen LogP contribution in [0.1, 0.15) is 28.8 Å². The van der Waals surface area contributed by atoms with Crippen LogP contribution in [0.5, 0.6) is 0 Å². The summed E-state index contributed by atoms with van der Waals surface area (Å²) in [6, 6.07) is 13.6. The fourth-order valence-electron chi connectivity index (χ4n) is 2.15. The highest BCUT2D eigenvalue weighted by Gasteiger charge is 2.24. The average Bonchev–Trinajstić information content (AvgIpc) is 3.31. The first-order valence-electron chi connectivity index (χ1n) is 6.80. The fraction of sp³-hybridized carbons (Fsp3) is 0.188. The number of rotatable bonds is 5. The summed E-state index contributed by atoms with van der Waals surface area (Å²) in [4.78, 5) is 23.0. The van der Waals surface area contributed by atoms with Crippen molar-refractivity contribution >= 4 is 17.2 Å². The van der Waals surface area contributed by atoms with Gasteiger partial charge in [0.15, 0.2) is 5.78 Å². The number of nitrogens with one attached hydrogen (secondary N) is 1. The average molecular weight is 282 g/mol. The molecule has 0 spiro atoms. The van der Waals surface area contributed by atoms with Gasteiger partial charge in [-0.05, 0) is 18.9 Å². The second-order valence-corrected chi connectivity index (χ2v) is 5.10. The van der Waals surface area contributed by atoms with Crippen molar-refractivity contribution in [3.8, 4) is 0 Å². The number of carbonyl (C=O) groups excluding carboxylic acids is 1. The van der Waals surface area contributed by atoms with Crippen LogP contribution in [0.4, 0.5) is 11.4 Å². The lowest BCUT2D eigenvalue weighted by Crippen LogP contribution is -2.10. The van der Waals surface area contributed by atoms with Gasteiger partial charge in [0, 0.05) is 29.4 Å². The molecular formula is C16H14N2O3. The zero-order valence-electron chi connectivity index (χ0n) is 11.3. The molecule has 0 amide bonds. The molecule has 1 aliphatic rings. The topological polar surface area (TPSA) is 72.2 Å². The van der Waals surface area contributed by atoms with Gasteiger partial charge >= 0.3 is 0 Å². The highest BCUT2D eigenvalue weighted by Crippen LogP contribution is 2.30. The molecule has 0 unspecified atom stereocenters. The lowest BCUT2D eigenvalue weighted by atomic mass is 10.0. The van der Waals surface area contributed by atoms with E-state index in [1.54, 1.807) is 30.3 Å². The van der Waals surface area contributed by atoms with Gasteiger partial charge in [0.1, 0.15) is 0 Å². The van der Waals surface area contributed by atoms with Crippen LogP contribution in [0.3, 0.4) is 0 Å². The van der Waals surface area contributed by atoms with Crippen molar-refractivity contribution in [2.45, 2.75) is 18.9 Å². The summed E-state index contributed by atoms with van der Waals surface area (Å²) in [6.07, 6.45) is 2.13. The summed E-state index contributed by atoms with van der Waals surface area (Å²) in [6.45, 7) is 0. The molecule has 5 nitrogen and oxygen atoms in total. The number of ketones is 1. The largest absolute Gasteiger partial charge is 0.382 e. The van der Waals surface area contributed by atoms with Crippen molar-refractivity contribution in [2.75, 3.05) is 5.32 Å². The molecule has 1 aliphatic carbocycles. The Hall–Kier alpha value is -2.69. The number of benzene rings is 2. The molecule has 1 fully saturated rings. The van der Waals surface area contributed by atoms with Crippen LogP contribution in [0.25, 0.3) is 0 Å². The van der Waals surface area contributed by atoms with Crippen molar-refractivity contribution in [2.24, 2.45) is 0 Å². The van der Waals surface area contributed by atoms with Gasteiger partial charge in [-0.1, -0.05) is 30.3 Å². The van der Waals surface area contributed by atoms with Crippen molar-refractivity contribution in [3.05, 3.63) is 69.8 Å². The molecule has 0 saturated heterocycles. The van der Waals surface area contributed by atoms with E-state index >= 15 is 0 Å². The van der Waals surface area contributed by atoms with Gasteiger partial charge in [0.2, 0.25) is 0 Å². The quantitative estimate of drug-likeness (QED) is 0.518. The number of carbonyl (C=O) groups is 1. The summed E-state index contributed by atoms with van der Waals surface area (Å²) in [5, 5.41) is 14.2. The number of non-ortho nitro benzene ring substituents is 1. The zero-order chi connectivity index (χ0) is 14.8. The minimum Gasteiger partial charge on any atom is -0.382 e. The molecule has 106 valence electrons. The second-order valence-electron chi connectivity index (χ2n) is 5.10. The Morgan fingerprint density at radius 3 is 2.48 bits per heavy atom. The Bertz CT molecular complexity index is 694. The van der Waals surface area contributed by atoms with Crippen molar-refractivity contribution in [1.82, 2.24) is 0 Å². The molecule has 0 aliphatic heterocycles. The summed E-state index contributed by atoms with van der Waals surface area (Å²) in [5.74, 6) is -0.206. The number of nitro benzene ring substituents is 1. The van der Waals surface area contributed by atoms with Crippen LogP contribution in [0.15, 0.2) is 48.5 Å². The highest BCUT2D eigenvalue weighted by atomic mass is 16.6. The fourth-order valence-corrected chi connectivity index (χ4v) is 2.15. The smallest absolute Gasteiger partial charge is 0.270 e. The van der Waals surface area contributed by atoms with Gasteiger partial charge in [-0.15, -0.1) is 0 Å². The number of hydrogen-bond acceptors (Lipinski definition) is 4. The Labute approximate surface area is 121 Å². The van der Waals surface area contributed by atoms with Gasteiger partial charge in [-0.3, -0.25) is 14.9 Å². The van der Waals surface area contributed by atoms with E-state index in [9.17, 15) is 14.9 Å². The molecule has 0 atom stereocenters. The maximum absolute atomic E-state index is 12.6.